The molecule has 3 heteroatoms. The van der Waals surface area contributed by atoms with Gasteiger partial charge >= 0.3 is 0 Å². The van der Waals surface area contributed by atoms with Crippen LogP contribution < -0.4 is 10.2 Å². The van der Waals surface area contributed by atoms with Crippen LogP contribution in [0, 0.1) is 5.41 Å². The van der Waals surface area contributed by atoms with E-state index in [4.69, 9.17) is 0 Å². The van der Waals surface area contributed by atoms with Crippen molar-refractivity contribution >= 4 is 17.2 Å². The van der Waals surface area contributed by atoms with E-state index >= 15 is 0 Å². The van der Waals surface area contributed by atoms with Crippen molar-refractivity contribution in [2.75, 3.05) is 24.3 Å². The molecule has 1 N–H and O–H groups in total. The topological polar surface area (TPSA) is 32.3 Å². The lowest BCUT2D eigenvalue weighted by Gasteiger charge is -2.35. The lowest BCUT2D eigenvalue weighted by molar-refractivity contribution is 0.0799. The molecule has 2 aromatic carbocycles. The van der Waals surface area contributed by atoms with E-state index in [9.17, 15) is 4.79 Å². The molecule has 0 aliphatic rings. The zero-order valence-electron chi connectivity index (χ0n) is 15.6. The third kappa shape index (κ3) is 4.11. The van der Waals surface area contributed by atoms with Gasteiger partial charge in [-0.15, -0.1) is 6.58 Å². The Hall–Kier alpha value is -2.55. The third-order valence-electron chi connectivity index (χ3n) is 4.92. The normalized spacial score (nSPS) is 14.2. The first-order valence-electron chi connectivity index (χ1n) is 8.68. The van der Waals surface area contributed by atoms with Crippen LogP contribution in [0.2, 0.25) is 0 Å². The molecule has 0 aromatic heterocycles. The zero-order chi connectivity index (χ0) is 18.4. The summed E-state index contributed by atoms with van der Waals surface area (Å²) in [6.45, 7) is 8.03. The molecule has 3 nitrogen and oxygen atoms in total. The van der Waals surface area contributed by atoms with Crippen molar-refractivity contribution < 1.29 is 4.79 Å². The summed E-state index contributed by atoms with van der Waals surface area (Å²) < 4.78 is 0. The quantitative estimate of drug-likeness (QED) is 0.543. The summed E-state index contributed by atoms with van der Waals surface area (Å²) >= 11 is 0. The predicted molar refractivity (Wildman–Crippen MR) is 108 cm³/mol. The minimum atomic E-state index is -0.572. The van der Waals surface area contributed by atoms with Crippen LogP contribution >= 0.6 is 0 Å². The highest BCUT2D eigenvalue weighted by atomic mass is 16.1. The number of carbonyl (C=O) groups excluding carboxylic acids is 1. The van der Waals surface area contributed by atoms with Gasteiger partial charge in [0, 0.05) is 31.0 Å². The van der Waals surface area contributed by atoms with Crippen molar-refractivity contribution in [2.45, 2.75) is 26.3 Å². The van der Waals surface area contributed by atoms with Crippen molar-refractivity contribution in [3.05, 3.63) is 72.8 Å². The number of nitrogens with one attached hydrogen (secondary N) is 1. The van der Waals surface area contributed by atoms with Gasteiger partial charge in [-0.1, -0.05) is 31.2 Å². The SMILES string of the molecule is C=CC(Nc1ccccc1)C(C)(CC)C(=O)c1ccc(N(C)C)cc1. The van der Waals surface area contributed by atoms with Crippen molar-refractivity contribution in [2.24, 2.45) is 5.41 Å². The zero-order valence-corrected chi connectivity index (χ0v) is 15.6. The molecule has 0 fully saturated rings. The summed E-state index contributed by atoms with van der Waals surface area (Å²) in [7, 11) is 3.98. The smallest absolute Gasteiger partial charge is 0.171 e. The van der Waals surface area contributed by atoms with Gasteiger partial charge in [-0.3, -0.25) is 4.79 Å². The monoisotopic (exact) mass is 336 g/mol. The van der Waals surface area contributed by atoms with Gasteiger partial charge in [0.1, 0.15) is 0 Å². The molecule has 132 valence electrons. The van der Waals surface area contributed by atoms with Gasteiger partial charge < -0.3 is 10.2 Å². The van der Waals surface area contributed by atoms with Gasteiger partial charge in [0.25, 0.3) is 0 Å². The fourth-order valence-corrected chi connectivity index (χ4v) is 2.95. The molecule has 0 radical (unpaired) electrons. The molecule has 2 unspecified atom stereocenters. The van der Waals surface area contributed by atoms with E-state index in [0.29, 0.717) is 0 Å². The Morgan fingerprint density at radius 2 is 1.76 bits per heavy atom. The Kier molecular flexibility index (Phi) is 6.02. The van der Waals surface area contributed by atoms with E-state index in [-0.39, 0.29) is 11.8 Å². The molecule has 0 aliphatic heterocycles. The molecule has 2 atom stereocenters. The standard InChI is InChI=1S/C22H28N2O/c1-6-20(23-18-11-9-8-10-12-18)22(3,7-2)21(25)17-13-15-19(16-14-17)24(4)5/h6,8-16,20,23H,1,7H2,2-5H3. The first kappa shape index (κ1) is 18.8. The maximum absolute atomic E-state index is 13.3. The number of ketones is 1. The van der Waals surface area contributed by atoms with E-state index in [0.717, 1.165) is 23.4 Å². The summed E-state index contributed by atoms with van der Waals surface area (Å²) in [5.41, 5.74) is 2.23. The van der Waals surface area contributed by atoms with Gasteiger partial charge in [0.15, 0.2) is 5.78 Å². The third-order valence-corrected chi connectivity index (χ3v) is 4.92. The van der Waals surface area contributed by atoms with E-state index < -0.39 is 5.41 Å². The first-order chi connectivity index (χ1) is 11.9. The Morgan fingerprint density at radius 3 is 2.24 bits per heavy atom. The highest BCUT2D eigenvalue weighted by molar-refractivity contribution is 6.01. The maximum Gasteiger partial charge on any atom is 0.171 e. The second kappa shape index (κ2) is 8.02. The number of rotatable bonds is 8. The van der Waals surface area contributed by atoms with Crippen LogP contribution in [-0.2, 0) is 0 Å². The number of hydrogen-bond donors (Lipinski definition) is 1. The van der Waals surface area contributed by atoms with Crippen LogP contribution in [-0.4, -0.2) is 25.9 Å². The maximum atomic E-state index is 13.3. The lowest BCUT2D eigenvalue weighted by Crippen LogP contribution is -2.43. The second-order valence-electron chi connectivity index (χ2n) is 6.77. The van der Waals surface area contributed by atoms with Crippen molar-refractivity contribution in [1.82, 2.24) is 0 Å². The predicted octanol–water partition coefficient (Wildman–Crippen LogP) is 5.02. The average Bonchev–Trinajstić information content (AvgIpc) is 2.65. The summed E-state index contributed by atoms with van der Waals surface area (Å²) in [6.07, 6.45) is 2.56. The Bertz CT molecular complexity index is 707. The number of nitrogens with zero attached hydrogens (tertiary/aromatic N) is 1. The fraction of sp³-hybridized carbons (Fsp3) is 0.318. The molecular weight excluding hydrogens is 308 g/mol. The van der Waals surface area contributed by atoms with Gasteiger partial charge in [-0.2, -0.15) is 0 Å². The summed E-state index contributed by atoms with van der Waals surface area (Å²) in [5.74, 6) is 0.133. The summed E-state index contributed by atoms with van der Waals surface area (Å²) in [5, 5.41) is 3.45. The van der Waals surface area contributed by atoms with Crippen LogP contribution in [0.5, 0.6) is 0 Å². The number of hydrogen-bond acceptors (Lipinski definition) is 3. The summed E-state index contributed by atoms with van der Waals surface area (Å²) in [4.78, 5) is 15.3. The van der Waals surface area contributed by atoms with Crippen LogP contribution in [0.15, 0.2) is 67.3 Å². The number of para-hydroxylation sites is 1. The van der Waals surface area contributed by atoms with Crippen molar-refractivity contribution in [3.8, 4) is 0 Å². The molecule has 2 aromatic rings. The van der Waals surface area contributed by atoms with Gasteiger partial charge in [-0.25, -0.2) is 0 Å². The largest absolute Gasteiger partial charge is 0.378 e. The van der Waals surface area contributed by atoms with E-state index in [2.05, 4.69) is 18.8 Å². The van der Waals surface area contributed by atoms with E-state index in [1.807, 2.05) is 86.6 Å². The number of anilines is 2. The highest BCUT2D eigenvalue weighted by Gasteiger charge is 2.38. The lowest BCUT2D eigenvalue weighted by atomic mass is 9.73. The number of carbonyl (C=O) groups is 1. The molecule has 25 heavy (non-hydrogen) atoms. The van der Waals surface area contributed by atoms with Crippen LogP contribution in [0.1, 0.15) is 30.6 Å². The molecule has 0 spiro atoms. The summed E-state index contributed by atoms with van der Waals surface area (Å²) in [6, 6.07) is 17.6. The first-order valence-corrected chi connectivity index (χ1v) is 8.68. The van der Waals surface area contributed by atoms with E-state index in [1.54, 1.807) is 0 Å². The molecule has 0 heterocycles. The second-order valence-corrected chi connectivity index (χ2v) is 6.77. The number of benzene rings is 2. The molecule has 2 rings (SSSR count). The fourth-order valence-electron chi connectivity index (χ4n) is 2.95. The number of Topliss-reactive ketones (excluding diaryl/α,β-unsaturated/α-hetero) is 1. The van der Waals surface area contributed by atoms with Crippen LogP contribution in [0.3, 0.4) is 0 Å². The molecule has 0 bridgehead atoms. The van der Waals surface area contributed by atoms with Crippen molar-refractivity contribution in [1.29, 1.82) is 0 Å². The van der Waals surface area contributed by atoms with Crippen LogP contribution in [0.25, 0.3) is 0 Å². The van der Waals surface area contributed by atoms with Gasteiger partial charge in [0.2, 0.25) is 0 Å². The molecule has 0 saturated heterocycles. The minimum Gasteiger partial charge on any atom is -0.378 e. The van der Waals surface area contributed by atoms with Gasteiger partial charge in [0.05, 0.1) is 11.5 Å². The molecule has 0 aliphatic carbocycles. The average molecular weight is 336 g/mol. The van der Waals surface area contributed by atoms with E-state index in [1.165, 1.54) is 0 Å². The Balaban J connectivity index is 2.29. The van der Waals surface area contributed by atoms with Crippen LogP contribution in [0.4, 0.5) is 11.4 Å². The highest BCUT2D eigenvalue weighted by Crippen LogP contribution is 2.33. The van der Waals surface area contributed by atoms with Crippen molar-refractivity contribution in [3.63, 3.8) is 0 Å². The Morgan fingerprint density at radius 1 is 1.16 bits per heavy atom. The molecule has 0 saturated carbocycles. The minimum absolute atomic E-state index is 0.133. The molecular formula is C22H28N2O. The molecule has 0 amide bonds. The van der Waals surface area contributed by atoms with Gasteiger partial charge in [-0.05, 0) is 49.7 Å². The Labute approximate surface area is 151 Å².